The number of hydrogen-bond donors (Lipinski definition) is 1. The molecule has 1 aliphatic rings. The molecule has 24 heavy (non-hydrogen) atoms. The molecule has 0 saturated carbocycles. The van der Waals surface area contributed by atoms with E-state index >= 15 is 0 Å². The molecule has 1 N–H and O–H groups in total. The average Bonchev–Trinajstić information content (AvgIpc) is 3.05. The molecule has 0 spiro atoms. The fourth-order valence-electron chi connectivity index (χ4n) is 2.73. The van der Waals surface area contributed by atoms with E-state index in [9.17, 15) is 17.6 Å². The highest BCUT2D eigenvalue weighted by Crippen LogP contribution is 2.25. The first-order chi connectivity index (χ1) is 10.9. The van der Waals surface area contributed by atoms with Crippen LogP contribution in [0.15, 0.2) is 23.1 Å². The molecule has 1 aromatic carbocycles. The summed E-state index contributed by atoms with van der Waals surface area (Å²) in [6.07, 6.45) is 1.35. The molecule has 2 rings (SSSR count). The Morgan fingerprint density at radius 1 is 1.46 bits per heavy atom. The molecule has 0 bridgehead atoms. The van der Waals surface area contributed by atoms with Gasteiger partial charge in [-0.3, -0.25) is 0 Å². The molecule has 1 aliphatic heterocycles. The molecule has 0 radical (unpaired) electrons. The van der Waals surface area contributed by atoms with Crippen LogP contribution in [0.4, 0.5) is 4.39 Å². The van der Waals surface area contributed by atoms with Gasteiger partial charge in [0.2, 0.25) is 10.0 Å². The summed E-state index contributed by atoms with van der Waals surface area (Å²) in [5.41, 5.74) is -0.278. The first-order valence-electron chi connectivity index (χ1n) is 7.52. The minimum absolute atomic E-state index is 0. The standard InChI is InChI=1S/C15H21FN2O4S.ClH/c1-3-8-18(12-6-7-17-10-12)23(20,21)14-5-4-11(16)9-13(14)15(19)22-2;/h4-5,9,12,17H,3,6-8,10H2,1-2H3;1H. The largest absolute Gasteiger partial charge is 0.465 e. The molecule has 1 fully saturated rings. The quantitative estimate of drug-likeness (QED) is 0.761. The number of halogens is 2. The van der Waals surface area contributed by atoms with E-state index in [1.807, 2.05) is 6.92 Å². The van der Waals surface area contributed by atoms with Gasteiger partial charge in [0.1, 0.15) is 5.82 Å². The lowest BCUT2D eigenvalue weighted by molar-refractivity contribution is 0.0595. The highest BCUT2D eigenvalue weighted by molar-refractivity contribution is 7.89. The second-order valence-corrected chi connectivity index (χ2v) is 7.25. The van der Waals surface area contributed by atoms with E-state index in [4.69, 9.17) is 0 Å². The Hall–Kier alpha value is -1.22. The van der Waals surface area contributed by atoms with Gasteiger partial charge in [-0.2, -0.15) is 4.31 Å². The van der Waals surface area contributed by atoms with Crippen molar-refractivity contribution in [3.8, 4) is 0 Å². The van der Waals surface area contributed by atoms with Crippen molar-refractivity contribution in [1.82, 2.24) is 9.62 Å². The maximum Gasteiger partial charge on any atom is 0.339 e. The molecule has 1 heterocycles. The molecule has 0 aromatic heterocycles. The van der Waals surface area contributed by atoms with Crippen LogP contribution in [0.2, 0.25) is 0 Å². The lowest BCUT2D eigenvalue weighted by atomic mass is 10.2. The number of nitrogens with zero attached hydrogens (tertiary/aromatic N) is 1. The first kappa shape index (κ1) is 20.8. The number of benzene rings is 1. The van der Waals surface area contributed by atoms with E-state index in [0.29, 0.717) is 25.9 Å². The Labute approximate surface area is 147 Å². The number of nitrogens with one attached hydrogen (secondary N) is 1. The third-order valence-corrected chi connectivity index (χ3v) is 5.83. The molecule has 1 atom stereocenters. The summed E-state index contributed by atoms with van der Waals surface area (Å²) in [5, 5.41) is 3.13. The second-order valence-electron chi connectivity index (χ2n) is 5.39. The summed E-state index contributed by atoms with van der Waals surface area (Å²) in [5.74, 6) is -1.56. The van der Waals surface area contributed by atoms with Crippen molar-refractivity contribution in [2.75, 3.05) is 26.7 Å². The van der Waals surface area contributed by atoms with Gasteiger partial charge in [0, 0.05) is 19.1 Å². The van der Waals surface area contributed by atoms with Crippen LogP contribution in [0.1, 0.15) is 30.1 Å². The normalized spacial score (nSPS) is 17.6. The van der Waals surface area contributed by atoms with E-state index < -0.39 is 21.8 Å². The monoisotopic (exact) mass is 380 g/mol. The van der Waals surface area contributed by atoms with E-state index in [0.717, 1.165) is 31.9 Å². The SMILES string of the molecule is CCCN(C1CCNC1)S(=O)(=O)c1ccc(F)cc1C(=O)OC.Cl. The minimum atomic E-state index is -3.92. The molecule has 1 aromatic rings. The van der Waals surface area contributed by atoms with Gasteiger partial charge < -0.3 is 10.1 Å². The number of carbonyl (C=O) groups is 1. The Morgan fingerprint density at radius 2 is 2.17 bits per heavy atom. The number of esters is 1. The second kappa shape index (κ2) is 8.75. The highest BCUT2D eigenvalue weighted by atomic mass is 35.5. The molecule has 0 amide bonds. The zero-order valence-electron chi connectivity index (χ0n) is 13.6. The predicted octanol–water partition coefficient (Wildman–Crippen LogP) is 1.80. The molecule has 1 unspecified atom stereocenters. The third kappa shape index (κ3) is 4.24. The maximum absolute atomic E-state index is 13.5. The Bertz CT molecular complexity index is 678. The molecule has 6 nitrogen and oxygen atoms in total. The summed E-state index contributed by atoms with van der Waals surface area (Å²) >= 11 is 0. The molecule has 9 heteroatoms. The van der Waals surface area contributed by atoms with Crippen molar-refractivity contribution in [3.63, 3.8) is 0 Å². The molecule has 136 valence electrons. The predicted molar refractivity (Wildman–Crippen MR) is 90.4 cm³/mol. The summed E-state index contributed by atoms with van der Waals surface area (Å²) in [7, 11) is -2.79. The van der Waals surface area contributed by atoms with Crippen molar-refractivity contribution < 1.29 is 22.3 Å². The minimum Gasteiger partial charge on any atom is -0.465 e. The van der Waals surface area contributed by atoms with Gasteiger partial charge in [-0.1, -0.05) is 6.92 Å². The number of hydrogen-bond acceptors (Lipinski definition) is 5. The smallest absolute Gasteiger partial charge is 0.339 e. The van der Waals surface area contributed by atoms with E-state index in [2.05, 4.69) is 10.1 Å². The van der Waals surface area contributed by atoms with Crippen LogP contribution in [-0.2, 0) is 14.8 Å². The molecular weight excluding hydrogens is 359 g/mol. The van der Waals surface area contributed by atoms with Crippen LogP contribution in [0.3, 0.4) is 0 Å². The zero-order valence-corrected chi connectivity index (χ0v) is 15.3. The van der Waals surface area contributed by atoms with Crippen LogP contribution in [-0.4, -0.2) is 51.5 Å². The summed E-state index contributed by atoms with van der Waals surface area (Å²) in [4.78, 5) is 11.6. The third-order valence-electron chi connectivity index (χ3n) is 3.82. The summed E-state index contributed by atoms with van der Waals surface area (Å²) < 4.78 is 45.5. The van der Waals surface area contributed by atoms with Gasteiger partial charge in [0.25, 0.3) is 0 Å². The van der Waals surface area contributed by atoms with Crippen LogP contribution in [0, 0.1) is 5.82 Å². The number of sulfonamides is 1. The zero-order chi connectivity index (χ0) is 17.0. The van der Waals surface area contributed by atoms with Gasteiger partial charge in [-0.25, -0.2) is 17.6 Å². The van der Waals surface area contributed by atoms with E-state index in [1.165, 1.54) is 4.31 Å². The van der Waals surface area contributed by atoms with Crippen LogP contribution >= 0.6 is 12.4 Å². The van der Waals surface area contributed by atoms with Gasteiger partial charge >= 0.3 is 5.97 Å². The van der Waals surface area contributed by atoms with Crippen LogP contribution in [0.5, 0.6) is 0 Å². The number of carbonyl (C=O) groups excluding carboxylic acids is 1. The first-order valence-corrected chi connectivity index (χ1v) is 8.96. The van der Waals surface area contributed by atoms with Crippen molar-refractivity contribution in [2.24, 2.45) is 0 Å². The average molecular weight is 381 g/mol. The molecular formula is C15H22ClFN2O4S. The molecule has 1 saturated heterocycles. The Morgan fingerprint density at radius 3 is 2.71 bits per heavy atom. The van der Waals surface area contributed by atoms with Gasteiger partial charge in [-0.05, 0) is 37.6 Å². The van der Waals surface area contributed by atoms with Crippen LogP contribution in [0.25, 0.3) is 0 Å². The number of rotatable bonds is 6. The lowest BCUT2D eigenvalue weighted by Gasteiger charge is -2.28. The van der Waals surface area contributed by atoms with Gasteiger partial charge in [0.05, 0.1) is 17.6 Å². The fourth-order valence-corrected chi connectivity index (χ4v) is 4.64. The van der Waals surface area contributed by atoms with Crippen molar-refractivity contribution in [1.29, 1.82) is 0 Å². The Kier molecular flexibility index (Phi) is 7.59. The van der Waals surface area contributed by atoms with E-state index in [-0.39, 0.29) is 28.9 Å². The van der Waals surface area contributed by atoms with E-state index in [1.54, 1.807) is 0 Å². The van der Waals surface area contributed by atoms with Crippen molar-refractivity contribution in [2.45, 2.75) is 30.7 Å². The van der Waals surface area contributed by atoms with Gasteiger partial charge in [0.15, 0.2) is 0 Å². The number of methoxy groups -OCH3 is 1. The molecule has 0 aliphatic carbocycles. The summed E-state index contributed by atoms with van der Waals surface area (Å²) in [6.45, 7) is 3.53. The topological polar surface area (TPSA) is 75.7 Å². The van der Waals surface area contributed by atoms with Crippen molar-refractivity contribution >= 4 is 28.4 Å². The van der Waals surface area contributed by atoms with Gasteiger partial charge in [-0.15, -0.1) is 12.4 Å². The lowest BCUT2D eigenvalue weighted by Crippen LogP contribution is -2.42. The highest BCUT2D eigenvalue weighted by Gasteiger charge is 2.35. The maximum atomic E-state index is 13.5. The van der Waals surface area contributed by atoms with Crippen molar-refractivity contribution in [3.05, 3.63) is 29.6 Å². The summed E-state index contributed by atoms with van der Waals surface area (Å²) in [6, 6.07) is 2.89. The van der Waals surface area contributed by atoms with Crippen LogP contribution < -0.4 is 5.32 Å². The fraction of sp³-hybridized carbons (Fsp3) is 0.533. The number of ether oxygens (including phenoxy) is 1. The Balaban J connectivity index is 0.00000288.